The summed E-state index contributed by atoms with van der Waals surface area (Å²) in [5.74, 6) is 0.929. The summed E-state index contributed by atoms with van der Waals surface area (Å²) in [5, 5.41) is 0.491. The number of rotatable bonds is 5. The van der Waals surface area contributed by atoms with Gasteiger partial charge in [-0.3, -0.25) is 0 Å². The molecule has 0 N–H and O–H groups in total. The lowest BCUT2D eigenvalue weighted by molar-refractivity contribution is 0.399. The van der Waals surface area contributed by atoms with Crippen molar-refractivity contribution < 1.29 is 13.6 Å². The average Bonchev–Trinajstić information content (AvgIpc) is 2.55. The topological polar surface area (TPSA) is 35.5 Å². The van der Waals surface area contributed by atoms with E-state index < -0.39 is 7.60 Å². The van der Waals surface area contributed by atoms with Crippen molar-refractivity contribution in [2.24, 2.45) is 0 Å². The Balaban J connectivity index is 1.99. The Bertz CT molecular complexity index is 833. The number of benzene rings is 3. The van der Waals surface area contributed by atoms with Crippen molar-refractivity contribution in [1.29, 1.82) is 0 Å². The lowest BCUT2D eigenvalue weighted by atomic mass is 10.3. The van der Waals surface area contributed by atoms with Gasteiger partial charge in [-0.2, -0.15) is 0 Å². The van der Waals surface area contributed by atoms with E-state index in [0.29, 0.717) is 16.8 Å². The molecule has 0 aliphatic rings. The molecule has 0 amide bonds. The summed E-state index contributed by atoms with van der Waals surface area (Å²) in [5.41, 5.74) is 0. The number of hydrogen-bond acceptors (Lipinski definition) is 3. The third-order valence-corrected chi connectivity index (χ3v) is 5.94. The summed E-state index contributed by atoms with van der Waals surface area (Å²) in [6.07, 6.45) is 0. The fourth-order valence-electron chi connectivity index (χ4n) is 2.06. The predicted molar refractivity (Wildman–Crippen MR) is 103 cm³/mol. The minimum atomic E-state index is -3.60. The van der Waals surface area contributed by atoms with E-state index in [4.69, 9.17) is 9.05 Å². The van der Waals surface area contributed by atoms with Gasteiger partial charge in [0.2, 0.25) is 0 Å². The van der Waals surface area contributed by atoms with E-state index in [2.05, 4.69) is 31.9 Å². The molecule has 0 spiro atoms. The zero-order chi connectivity index (χ0) is 17.0. The Hall–Kier alpha value is -1.55. The Morgan fingerprint density at radius 3 is 1.62 bits per heavy atom. The highest BCUT2D eigenvalue weighted by molar-refractivity contribution is 9.10. The van der Waals surface area contributed by atoms with E-state index in [1.165, 1.54) is 0 Å². The van der Waals surface area contributed by atoms with Crippen molar-refractivity contribution in [2.45, 2.75) is 0 Å². The van der Waals surface area contributed by atoms with Gasteiger partial charge in [0, 0.05) is 8.95 Å². The molecular weight excluding hydrogens is 455 g/mol. The molecule has 0 heterocycles. The van der Waals surface area contributed by atoms with Gasteiger partial charge >= 0.3 is 7.60 Å². The summed E-state index contributed by atoms with van der Waals surface area (Å²) in [6.45, 7) is 0. The van der Waals surface area contributed by atoms with Crippen LogP contribution in [0.15, 0.2) is 87.8 Å². The molecule has 24 heavy (non-hydrogen) atoms. The lowest BCUT2D eigenvalue weighted by Crippen LogP contribution is -2.14. The molecule has 3 aromatic carbocycles. The van der Waals surface area contributed by atoms with Gasteiger partial charge in [0.25, 0.3) is 0 Å². The molecule has 3 nitrogen and oxygen atoms in total. The van der Waals surface area contributed by atoms with Crippen LogP contribution in [0, 0.1) is 0 Å². The maximum Gasteiger partial charge on any atom is 0.462 e. The Labute approximate surface area is 157 Å². The normalized spacial score (nSPS) is 11.1. The van der Waals surface area contributed by atoms with Crippen LogP contribution in [0.4, 0.5) is 0 Å². The van der Waals surface area contributed by atoms with E-state index in [-0.39, 0.29) is 0 Å². The minimum Gasteiger partial charge on any atom is -0.413 e. The highest BCUT2D eigenvalue weighted by atomic mass is 79.9. The molecule has 3 aromatic rings. The summed E-state index contributed by atoms with van der Waals surface area (Å²) in [6, 6.07) is 23.3. The standard InChI is InChI=1S/C18H13Br2O3P/c19-14-6-4-8-16(12-14)22-24(21,18-10-2-1-3-11-18)23-17-9-5-7-15(20)13-17/h1-13H. The first-order valence-corrected chi connectivity index (χ1v) is 10.2. The maximum absolute atomic E-state index is 13.5. The van der Waals surface area contributed by atoms with Gasteiger partial charge in [0.05, 0.1) is 5.30 Å². The molecule has 0 saturated carbocycles. The van der Waals surface area contributed by atoms with Crippen LogP contribution in [0.25, 0.3) is 0 Å². The van der Waals surface area contributed by atoms with Crippen LogP contribution < -0.4 is 14.4 Å². The smallest absolute Gasteiger partial charge is 0.413 e. The molecule has 0 aliphatic carbocycles. The fourth-order valence-corrected chi connectivity index (χ4v) is 4.38. The molecule has 0 aliphatic heterocycles. The van der Waals surface area contributed by atoms with Gasteiger partial charge < -0.3 is 9.05 Å². The van der Waals surface area contributed by atoms with E-state index in [0.717, 1.165) is 8.95 Å². The predicted octanol–water partition coefficient (Wildman–Crippen LogP) is 6.19. The molecule has 0 atom stereocenters. The van der Waals surface area contributed by atoms with Gasteiger partial charge in [-0.15, -0.1) is 0 Å². The molecule has 6 heteroatoms. The summed E-state index contributed by atoms with van der Waals surface area (Å²) in [7, 11) is -3.60. The van der Waals surface area contributed by atoms with Crippen LogP contribution in [0.3, 0.4) is 0 Å². The van der Waals surface area contributed by atoms with Gasteiger partial charge in [0.15, 0.2) is 0 Å². The van der Waals surface area contributed by atoms with E-state index in [1.807, 2.05) is 30.3 Å². The van der Waals surface area contributed by atoms with Crippen molar-refractivity contribution in [3.05, 3.63) is 87.8 Å². The Morgan fingerprint density at radius 1 is 0.667 bits per heavy atom. The fraction of sp³-hybridized carbons (Fsp3) is 0. The van der Waals surface area contributed by atoms with Crippen LogP contribution >= 0.6 is 39.5 Å². The summed E-state index contributed by atoms with van der Waals surface area (Å²) in [4.78, 5) is 0. The number of hydrogen-bond donors (Lipinski definition) is 0. The summed E-state index contributed by atoms with van der Waals surface area (Å²) >= 11 is 6.77. The molecule has 0 radical (unpaired) electrons. The molecule has 0 aromatic heterocycles. The van der Waals surface area contributed by atoms with Crippen molar-refractivity contribution in [2.75, 3.05) is 0 Å². The highest BCUT2D eigenvalue weighted by Crippen LogP contribution is 2.48. The summed E-state index contributed by atoms with van der Waals surface area (Å²) < 4.78 is 26.8. The van der Waals surface area contributed by atoms with Gasteiger partial charge in [-0.05, 0) is 48.5 Å². The van der Waals surface area contributed by atoms with Crippen molar-refractivity contribution in [1.82, 2.24) is 0 Å². The van der Waals surface area contributed by atoms with Gasteiger partial charge in [-0.1, -0.05) is 62.2 Å². The average molecular weight is 468 g/mol. The molecule has 0 bridgehead atoms. The molecule has 0 fully saturated rings. The van der Waals surface area contributed by atoms with Crippen LogP contribution in [-0.4, -0.2) is 0 Å². The maximum atomic E-state index is 13.5. The third-order valence-electron chi connectivity index (χ3n) is 3.12. The van der Waals surface area contributed by atoms with E-state index in [1.54, 1.807) is 48.5 Å². The van der Waals surface area contributed by atoms with Crippen LogP contribution in [0.2, 0.25) is 0 Å². The molecular formula is C18H13Br2O3P. The largest absolute Gasteiger partial charge is 0.462 e. The van der Waals surface area contributed by atoms with Gasteiger partial charge in [-0.25, -0.2) is 4.57 Å². The second-order valence-electron chi connectivity index (χ2n) is 4.93. The first-order chi connectivity index (χ1) is 11.5. The number of halogens is 2. The first-order valence-electron chi connectivity index (χ1n) is 7.11. The van der Waals surface area contributed by atoms with Crippen molar-refractivity contribution >= 4 is 44.8 Å². The van der Waals surface area contributed by atoms with Crippen molar-refractivity contribution in [3.8, 4) is 11.5 Å². The minimum absolute atomic E-state index is 0.464. The lowest BCUT2D eigenvalue weighted by Gasteiger charge is -2.20. The Kier molecular flexibility index (Phi) is 5.44. The van der Waals surface area contributed by atoms with Gasteiger partial charge in [0.1, 0.15) is 11.5 Å². The Morgan fingerprint density at radius 2 is 1.17 bits per heavy atom. The molecule has 0 unspecified atom stereocenters. The third kappa shape index (κ3) is 4.29. The quantitative estimate of drug-likeness (QED) is 0.420. The zero-order valence-electron chi connectivity index (χ0n) is 12.4. The SMILES string of the molecule is O=P(Oc1cccc(Br)c1)(Oc1cccc(Br)c1)c1ccccc1. The van der Waals surface area contributed by atoms with Crippen LogP contribution in [-0.2, 0) is 4.57 Å². The molecule has 0 saturated heterocycles. The van der Waals surface area contributed by atoms with Crippen LogP contribution in [0.1, 0.15) is 0 Å². The van der Waals surface area contributed by atoms with Crippen LogP contribution in [0.5, 0.6) is 11.5 Å². The van der Waals surface area contributed by atoms with Crippen molar-refractivity contribution in [3.63, 3.8) is 0 Å². The first kappa shape index (κ1) is 17.3. The zero-order valence-corrected chi connectivity index (χ0v) is 16.5. The second-order valence-corrected chi connectivity index (χ2v) is 8.64. The second kappa shape index (κ2) is 7.56. The molecule has 122 valence electrons. The highest BCUT2D eigenvalue weighted by Gasteiger charge is 2.31. The van der Waals surface area contributed by atoms with E-state index >= 15 is 0 Å². The van der Waals surface area contributed by atoms with E-state index in [9.17, 15) is 4.57 Å². The molecule has 3 rings (SSSR count). The monoisotopic (exact) mass is 466 g/mol.